The number of piperidine rings is 1. The summed E-state index contributed by atoms with van der Waals surface area (Å²) in [5, 5.41) is 9.95. The summed E-state index contributed by atoms with van der Waals surface area (Å²) in [6.45, 7) is 3.04. The second kappa shape index (κ2) is 8.23. The minimum absolute atomic E-state index is 0.201. The molecule has 0 radical (unpaired) electrons. The summed E-state index contributed by atoms with van der Waals surface area (Å²) in [4.78, 5) is 14.6. The van der Waals surface area contributed by atoms with E-state index in [2.05, 4.69) is 17.1 Å². The molecule has 0 saturated carbocycles. The van der Waals surface area contributed by atoms with E-state index in [9.17, 15) is 4.79 Å². The number of benzene rings is 1. The molecule has 0 spiro atoms. The molecule has 1 aromatic heterocycles. The maximum Gasteiger partial charge on any atom is 0.233 e. The zero-order valence-corrected chi connectivity index (χ0v) is 16.2. The highest BCUT2D eigenvalue weighted by Crippen LogP contribution is 2.25. The zero-order valence-electron chi connectivity index (χ0n) is 14.6. The van der Waals surface area contributed by atoms with Crippen LogP contribution in [0.3, 0.4) is 0 Å². The van der Waals surface area contributed by atoms with Crippen LogP contribution in [0.15, 0.2) is 29.4 Å². The first-order valence-corrected chi connectivity index (χ1v) is 10.0. The molecule has 1 atom stereocenters. The van der Waals surface area contributed by atoms with Gasteiger partial charge >= 0.3 is 0 Å². The molecule has 1 aromatic carbocycles. The van der Waals surface area contributed by atoms with Gasteiger partial charge < -0.3 is 9.47 Å². The third kappa shape index (κ3) is 4.18. The summed E-state index contributed by atoms with van der Waals surface area (Å²) in [6.07, 6.45) is 4.49. The third-order valence-corrected chi connectivity index (χ3v) is 5.94. The normalized spacial score (nSPS) is 17.7. The summed E-state index contributed by atoms with van der Waals surface area (Å²) < 4.78 is 1.93. The van der Waals surface area contributed by atoms with E-state index in [1.165, 1.54) is 18.2 Å². The average molecular weight is 379 g/mol. The fourth-order valence-corrected chi connectivity index (χ4v) is 4.18. The smallest absolute Gasteiger partial charge is 0.233 e. The Morgan fingerprint density at radius 2 is 2.04 bits per heavy atom. The van der Waals surface area contributed by atoms with Crippen molar-refractivity contribution in [2.45, 2.75) is 43.8 Å². The Kier molecular flexibility index (Phi) is 6.02. The Morgan fingerprint density at radius 3 is 2.76 bits per heavy atom. The van der Waals surface area contributed by atoms with Gasteiger partial charge in [-0.2, -0.15) is 0 Å². The van der Waals surface area contributed by atoms with Crippen molar-refractivity contribution in [1.29, 1.82) is 0 Å². The Labute approximate surface area is 157 Å². The molecule has 0 bridgehead atoms. The van der Waals surface area contributed by atoms with E-state index >= 15 is 0 Å². The molecule has 7 heteroatoms. The Balaban J connectivity index is 1.65. The van der Waals surface area contributed by atoms with Crippen LogP contribution in [-0.4, -0.2) is 43.9 Å². The van der Waals surface area contributed by atoms with Gasteiger partial charge in [-0.25, -0.2) is 0 Å². The van der Waals surface area contributed by atoms with E-state index in [1.54, 1.807) is 0 Å². The standard InChI is InChI=1S/C18H23ClN4OS/c1-3-15-6-4-5-11-23(15)16(24)12-25-18-21-20-17(22(18)2)13-7-9-14(19)10-8-13/h7-10,15H,3-6,11-12H2,1-2H3/t15-/m1/s1. The lowest BCUT2D eigenvalue weighted by Gasteiger charge is -2.35. The Hall–Kier alpha value is -1.53. The van der Waals surface area contributed by atoms with E-state index in [4.69, 9.17) is 11.6 Å². The largest absolute Gasteiger partial charge is 0.339 e. The number of rotatable bonds is 5. The highest BCUT2D eigenvalue weighted by Gasteiger charge is 2.25. The van der Waals surface area contributed by atoms with Crippen LogP contribution in [0.4, 0.5) is 0 Å². The van der Waals surface area contributed by atoms with E-state index in [0.29, 0.717) is 16.8 Å². The van der Waals surface area contributed by atoms with Gasteiger partial charge in [0, 0.05) is 30.2 Å². The van der Waals surface area contributed by atoms with Gasteiger partial charge in [-0.15, -0.1) is 10.2 Å². The number of hydrogen-bond donors (Lipinski definition) is 0. The van der Waals surface area contributed by atoms with E-state index in [-0.39, 0.29) is 5.91 Å². The van der Waals surface area contributed by atoms with Crippen LogP contribution in [-0.2, 0) is 11.8 Å². The predicted molar refractivity (Wildman–Crippen MR) is 102 cm³/mol. The summed E-state index contributed by atoms with van der Waals surface area (Å²) in [7, 11) is 1.92. The number of hydrogen-bond acceptors (Lipinski definition) is 4. The summed E-state index contributed by atoms with van der Waals surface area (Å²) in [5.74, 6) is 1.38. The van der Waals surface area contributed by atoms with Crippen LogP contribution < -0.4 is 0 Å². The van der Waals surface area contributed by atoms with Gasteiger partial charge in [-0.1, -0.05) is 30.3 Å². The van der Waals surface area contributed by atoms with Crippen molar-refractivity contribution < 1.29 is 4.79 Å². The van der Waals surface area contributed by atoms with Crippen LogP contribution >= 0.6 is 23.4 Å². The number of amides is 1. The second-order valence-corrected chi connectivity index (χ2v) is 7.68. The highest BCUT2D eigenvalue weighted by atomic mass is 35.5. The molecule has 2 aromatic rings. The van der Waals surface area contributed by atoms with Gasteiger partial charge in [0.25, 0.3) is 0 Å². The lowest BCUT2D eigenvalue weighted by Crippen LogP contribution is -2.44. The van der Waals surface area contributed by atoms with Crippen LogP contribution in [0.25, 0.3) is 11.4 Å². The first-order valence-electron chi connectivity index (χ1n) is 8.67. The number of nitrogens with zero attached hydrogens (tertiary/aromatic N) is 4. The summed E-state index contributed by atoms with van der Waals surface area (Å²) in [5.41, 5.74) is 0.958. The number of carbonyl (C=O) groups excluding carboxylic acids is 1. The number of likely N-dealkylation sites (tertiary alicyclic amines) is 1. The molecule has 25 heavy (non-hydrogen) atoms. The molecule has 1 aliphatic rings. The zero-order chi connectivity index (χ0) is 17.8. The average Bonchev–Trinajstić information content (AvgIpc) is 3.01. The van der Waals surface area contributed by atoms with Gasteiger partial charge in [0.15, 0.2) is 11.0 Å². The van der Waals surface area contributed by atoms with Gasteiger partial charge in [-0.05, 0) is 49.9 Å². The van der Waals surface area contributed by atoms with Crippen molar-refractivity contribution in [2.24, 2.45) is 7.05 Å². The van der Waals surface area contributed by atoms with Crippen molar-refractivity contribution in [3.63, 3.8) is 0 Å². The molecule has 1 aliphatic heterocycles. The topological polar surface area (TPSA) is 51.0 Å². The highest BCUT2D eigenvalue weighted by molar-refractivity contribution is 7.99. The molecular formula is C18H23ClN4OS. The lowest BCUT2D eigenvalue weighted by molar-refractivity contribution is -0.132. The molecule has 134 valence electrons. The molecule has 0 unspecified atom stereocenters. The quantitative estimate of drug-likeness (QED) is 0.737. The number of aromatic nitrogens is 3. The minimum atomic E-state index is 0.201. The Bertz CT molecular complexity index is 731. The molecule has 3 rings (SSSR count). The molecule has 1 saturated heterocycles. The monoisotopic (exact) mass is 378 g/mol. The van der Waals surface area contributed by atoms with Crippen LogP contribution in [0.2, 0.25) is 5.02 Å². The van der Waals surface area contributed by atoms with Crippen LogP contribution in [0, 0.1) is 0 Å². The molecule has 5 nitrogen and oxygen atoms in total. The molecule has 2 heterocycles. The number of halogens is 1. The molecule has 1 amide bonds. The SMILES string of the molecule is CC[C@@H]1CCCCN1C(=O)CSc1nnc(-c2ccc(Cl)cc2)n1C. The first-order chi connectivity index (χ1) is 12.1. The molecule has 0 N–H and O–H groups in total. The second-order valence-electron chi connectivity index (χ2n) is 6.31. The van der Waals surface area contributed by atoms with Crippen molar-refractivity contribution in [3.8, 4) is 11.4 Å². The fraction of sp³-hybridized carbons (Fsp3) is 0.500. The first kappa shape index (κ1) is 18.3. The molecule has 0 aliphatic carbocycles. The van der Waals surface area contributed by atoms with Crippen molar-refractivity contribution >= 4 is 29.3 Å². The lowest BCUT2D eigenvalue weighted by atomic mass is 10.0. The summed E-state index contributed by atoms with van der Waals surface area (Å²) in [6, 6.07) is 7.91. The summed E-state index contributed by atoms with van der Waals surface area (Å²) >= 11 is 7.39. The number of thioether (sulfide) groups is 1. The van der Waals surface area contributed by atoms with Gasteiger partial charge in [0.05, 0.1) is 5.75 Å². The molecule has 1 fully saturated rings. The maximum atomic E-state index is 12.6. The predicted octanol–water partition coefficient (Wildman–Crippen LogP) is 4.02. The van der Waals surface area contributed by atoms with Gasteiger partial charge in [0.2, 0.25) is 5.91 Å². The van der Waals surface area contributed by atoms with Crippen molar-refractivity contribution in [2.75, 3.05) is 12.3 Å². The fourth-order valence-electron chi connectivity index (χ4n) is 3.25. The van der Waals surface area contributed by atoms with Crippen LogP contribution in [0.1, 0.15) is 32.6 Å². The van der Waals surface area contributed by atoms with E-state index in [1.807, 2.05) is 40.8 Å². The van der Waals surface area contributed by atoms with Crippen molar-refractivity contribution in [3.05, 3.63) is 29.3 Å². The third-order valence-electron chi connectivity index (χ3n) is 4.68. The minimum Gasteiger partial charge on any atom is -0.339 e. The van der Waals surface area contributed by atoms with Gasteiger partial charge in [-0.3, -0.25) is 4.79 Å². The number of carbonyl (C=O) groups is 1. The Morgan fingerprint density at radius 1 is 1.28 bits per heavy atom. The van der Waals surface area contributed by atoms with Crippen molar-refractivity contribution in [1.82, 2.24) is 19.7 Å². The van der Waals surface area contributed by atoms with Crippen LogP contribution in [0.5, 0.6) is 0 Å². The van der Waals surface area contributed by atoms with E-state index in [0.717, 1.165) is 42.4 Å². The van der Waals surface area contributed by atoms with E-state index < -0.39 is 0 Å². The van der Waals surface area contributed by atoms with Gasteiger partial charge in [0.1, 0.15) is 0 Å². The molecular weight excluding hydrogens is 356 g/mol. The maximum absolute atomic E-state index is 12.6.